The summed E-state index contributed by atoms with van der Waals surface area (Å²) in [4.78, 5) is 12.4. The van der Waals surface area contributed by atoms with Gasteiger partial charge in [0.1, 0.15) is 5.75 Å². The molecule has 0 saturated heterocycles. The van der Waals surface area contributed by atoms with E-state index >= 15 is 0 Å². The van der Waals surface area contributed by atoms with Gasteiger partial charge in [0.15, 0.2) is 11.5 Å². The molecule has 1 atom stereocenters. The van der Waals surface area contributed by atoms with Crippen molar-refractivity contribution in [3.63, 3.8) is 0 Å². The van der Waals surface area contributed by atoms with E-state index in [2.05, 4.69) is 10.0 Å². The molecule has 0 aromatic heterocycles. The van der Waals surface area contributed by atoms with Crippen molar-refractivity contribution in [2.75, 3.05) is 13.9 Å². The Kier molecular flexibility index (Phi) is 5.76. The molecule has 1 aliphatic heterocycles. The first-order valence-electron chi connectivity index (χ1n) is 8.63. The fourth-order valence-electron chi connectivity index (χ4n) is 2.77. The summed E-state index contributed by atoms with van der Waals surface area (Å²) in [5, 5.41) is 2.71. The van der Waals surface area contributed by atoms with Gasteiger partial charge in [0.2, 0.25) is 22.7 Å². The highest BCUT2D eigenvalue weighted by molar-refractivity contribution is 7.89. The Morgan fingerprint density at radius 2 is 1.93 bits per heavy atom. The van der Waals surface area contributed by atoms with Gasteiger partial charge in [-0.2, -0.15) is 4.72 Å². The first-order chi connectivity index (χ1) is 13.3. The standard InChI is InChI=1S/C19H22N2O6S/c1-12-8-15(5-7-16(12)25-3)28(23,24)21-13(2)19(22)20-10-14-4-6-17-18(9-14)27-11-26-17/h4-9,13,21H,10-11H2,1-3H3,(H,20,22)/t13-/m1/s1. The molecule has 8 nitrogen and oxygen atoms in total. The maximum atomic E-state index is 12.5. The van der Waals surface area contributed by atoms with Crippen molar-refractivity contribution >= 4 is 15.9 Å². The SMILES string of the molecule is COc1ccc(S(=O)(=O)N[C@H](C)C(=O)NCc2ccc3c(c2)OCO3)cc1C. The number of amides is 1. The minimum Gasteiger partial charge on any atom is -0.496 e. The van der Waals surface area contributed by atoms with Crippen LogP contribution >= 0.6 is 0 Å². The molecule has 28 heavy (non-hydrogen) atoms. The molecule has 2 aromatic carbocycles. The number of hydrogen-bond donors (Lipinski definition) is 2. The van der Waals surface area contributed by atoms with Crippen molar-refractivity contribution in [3.05, 3.63) is 47.5 Å². The third-order valence-electron chi connectivity index (χ3n) is 4.31. The molecule has 0 unspecified atom stereocenters. The Bertz CT molecular complexity index is 990. The van der Waals surface area contributed by atoms with Gasteiger partial charge in [-0.25, -0.2) is 8.42 Å². The van der Waals surface area contributed by atoms with Crippen LogP contribution < -0.4 is 24.2 Å². The quantitative estimate of drug-likeness (QED) is 0.726. The highest BCUT2D eigenvalue weighted by Gasteiger charge is 2.23. The van der Waals surface area contributed by atoms with Crippen LogP contribution in [0.1, 0.15) is 18.1 Å². The van der Waals surface area contributed by atoms with Gasteiger partial charge in [-0.05, 0) is 55.3 Å². The number of methoxy groups -OCH3 is 1. The molecular formula is C19H22N2O6S. The molecular weight excluding hydrogens is 384 g/mol. The van der Waals surface area contributed by atoms with Gasteiger partial charge in [0.25, 0.3) is 0 Å². The number of carbonyl (C=O) groups is 1. The lowest BCUT2D eigenvalue weighted by Crippen LogP contribution is -2.44. The second-order valence-electron chi connectivity index (χ2n) is 6.38. The number of rotatable bonds is 7. The predicted molar refractivity (Wildman–Crippen MR) is 102 cm³/mol. The Morgan fingerprint density at radius 1 is 1.18 bits per heavy atom. The molecule has 0 saturated carbocycles. The summed E-state index contributed by atoms with van der Waals surface area (Å²) in [6, 6.07) is 8.92. The van der Waals surface area contributed by atoms with E-state index in [-0.39, 0.29) is 18.2 Å². The largest absolute Gasteiger partial charge is 0.496 e. The Morgan fingerprint density at radius 3 is 2.64 bits per heavy atom. The lowest BCUT2D eigenvalue weighted by atomic mass is 10.2. The number of aryl methyl sites for hydroxylation is 1. The smallest absolute Gasteiger partial charge is 0.241 e. The summed E-state index contributed by atoms with van der Waals surface area (Å²) in [5.74, 6) is 1.43. The fourth-order valence-corrected chi connectivity index (χ4v) is 4.05. The van der Waals surface area contributed by atoms with Crippen molar-refractivity contribution in [2.45, 2.75) is 31.3 Å². The average molecular weight is 406 g/mol. The van der Waals surface area contributed by atoms with E-state index in [0.717, 1.165) is 5.56 Å². The zero-order valence-electron chi connectivity index (χ0n) is 15.8. The zero-order valence-corrected chi connectivity index (χ0v) is 16.6. The van der Waals surface area contributed by atoms with Crippen molar-refractivity contribution < 1.29 is 27.4 Å². The summed E-state index contributed by atoms with van der Waals surface area (Å²) >= 11 is 0. The molecule has 0 bridgehead atoms. The van der Waals surface area contributed by atoms with E-state index in [9.17, 15) is 13.2 Å². The van der Waals surface area contributed by atoms with Crippen LogP contribution in [0, 0.1) is 6.92 Å². The highest BCUT2D eigenvalue weighted by atomic mass is 32.2. The Labute approximate surface area is 163 Å². The average Bonchev–Trinajstić information content (AvgIpc) is 3.13. The third kappa shape index (κ3) is 4.37. The summed E-state index contributed by atoms with van der Waals surface area (Å²) in [7, 11) is -2.33. The molecule has 2 N–H and O–H groups in total. The van der Waals surface area contributed by atoms with Crippen molar-refractivity contribution in [1.29, 1.82) is 0 Å². The monoisotopic (exact) mass is 406 g/mol. The van der Waals surface area contributed by atoms with Gasteiger partial charge >= 0.3 is 0 Å². The summed E-state index contributed by atoms with van der Waals surface area (Å²) in [5.41, 5.74) is 1.50. The van der Waals surface area contributed by atoms with Crippen molar-refractivity contribution in [1.82, 2.24) is 10.0 Å². The predicted octanol–water partition coefficient (Wildman–Crippen LogP) is 1.72. The van der Waals surface area contributed by atoms with Crippen LogP contribution in [0.15, 0.2) is 41.3 Å². The fraction of sp³-hybridized carbons (Fsp3) is 0.316. The molecule has 9 heteroatoms. The van der Waals surface area contributed by atoms with E-state index in [1.165, 1.54) is 26.2 Å². The minimum atomic E-state index is -3.85. The van der Waals surface area contributed by atoms with Crippen LogP contribution in [0.2, 0.25) is 0 Å². The normalized spacial score (nSPS) is 13.8. The lowest BCUT2D eigenvalue weighted by Gasteiger charge is -2.15. The van der Waals surface area contributed by atoms with E-state index in [0.29, 0.717) is 22.8 Å². The number of ether oxygens (including phenoxy) is 3. The van der Waals surface area contributed by atoms with Gasteiger partial charge in [-0.3, -0.25) is 4.79 Å². The lowest BCUT2D eigenvalue weighted by molar-refractivity contribution is -0.122. The number of carbonyl (C=O) groups excluding carboxylic acids is 1. The van der Waals surface area contributed by atoms with Crippen LogP contribution in [0.4, 0.5) is 0 Å². The van der Waals surface area contributed by atoms with Gasteiger partial charge in [0.05, 0.1) is 18.0 Å². The van der Waals surface area contributed by atoms with Crippen LogP contribution in [0.3, 0.4) is 0 Å². The maximum absolute atomic E-state index is 12.5. The van der Waals surface area contributed by atoms with Crippen LogP contribution in [0.25, 0.3) is 0 Å². The zero-order chi connectivity index (χ0) is 20.3. The van der Waals surface area contributed by atoms with Crippen molar-refractivity contribution in [3.8, 4) is 17.2 Å². The van der Waals surface area contributed by atoms with Gasteiger partial charge in [0, 0.05) is 6.54 Å². The minimum absolute atomic E-state index is 0.0706. The number of hydrogen-bond acceptors (Lipinski definition) is 6. The Hall–Kier alpha value is -2.78. The van der Waals surface area contributed by atoms with Crippen molar-refractivity contribution in [2.24, 2.45) is 0 Å². The molecule has 0 spiro atoms. The van der Waals surface area contributed by atoms with E-state index in [1.54, 1.807) is 25.1 Å². The van der Waals surface area contributed by atoms with Crippen LogP contribution in [0.5, 0.6) is 17.2 Å². The first kappa shape index (κ1) is 20.0. The first-order valence-corrected chi connectivity index (χ1v) is 10.1. The summed E-state index contributed by atoms with van der Waals surface area (Å²) in [6.45, 7) is 3.65. The summed E-state index contributed by atoms with van der Waals surface area (Å²) < 4.78 is 43.1. The number of benzene rings is 2. The van der Waals surface area contributed by atoms with Gasteiger partial charge in [-0.1, -0.05) is 6.07 Å². The number of sulfonamides is 1. The molecule has 0 fully saturated rings. The molecule has 1 aliphatic rings. The van der Waals surface area contributed by atoms with E-state index in [4.69, 9.17) is 14.2 Å². The second kappa shape index (κ2) is 8.07. The van der Waals surface area contributed by atoms with E-state index in [1.807, 2.05) is 6.07 Å². The highest BCUT2D eigenvalue weighted by Crippen LogP contribution is 2.32. The molecule has 1 amide bonds. The molecule has 0 aliphatic carbocycles. The summed E-state index contributed by atoms with van der Waals surface area (Å²) in [6.07, 6.45) is 0. The Balaban J connectivity index is 1.60. The number of nitrogens with one attached hydrogen (secondary N) is 2. The topological polar surface area (TPSA) is 103 Å². The van der Waals surface area contributed by atoms with Gasteiger partial charge < -0.3 is 19.5 Å². The van der Waals surface area contributed by atoms with Crippen LogP contribution in [-0.4, -0.2) is 34.3 Å². The second-order valence-corrected chi connectivity index (χ2v) is 8.09. The molecule has 3 rings (SSSR count). The van der Waals surface area contributed by atoms with Gasteiger partial charge in [-0.15, -0.1) is 0 Å². The molecule has 150 valence electrons. The maximum Gasteiger partial charge on any atom is 0.241 e. The van der Waals surface area contributed by atoms with Crippen LogP contribution in [-0.2, 0) is 21.4 Å². The molecule has 1 heterocycles. The third-order valence-corrected chi connectivity index (χ3v) is 5.84. The number of fused-ring (bicyclic) bond motifs is 1. The molecule has 0 radical (unpaired) electrons. The van der Waals surface area contributed by atoms with E-state index < -0.39 is 22.0 Å². The molecule has 2 aromatic rings.